The number of ketones is 1. The minimum absolute atomic E-state index is 0.00986. The second kappa shape index (κ2) is 3.64. The molecule has 1 aromatic heterocycles. The average molecular weight is 203 g/mol. The summed E-state index contributed by atoms with van der Waals surface area (Å²) in [6.07, 6.45) is 0. The summed E-state index contributed by atoms with van der Waals surface area (Å²) in [4.78, 5) is 11.9. The van der Waals surface area contributed by atoms with Crippen LogP contribution in [0.5, 0.6) is 0 Å². The SMILES string of the molecule is Nc1cscc1C(=O)c1ccccc1. The Labute approximate surface area is 86.0 Å². The predicted octanol–water partition coefficient (Wildman–Crippen LogP) is 2.56. The zero-order chi connectivity index (χ0) is 9.97. The van der Waals surface area contributed by atoms with E-state index >= 15 is 0 Å². The second-order valence-corrected chi connectivity index (χ2v) is 3.68. The summed E-state index contributed by atoms with van der Waals surface area (Å²) in [6, 6.07) is 9.15. The maximum Gasteiger partial charge on any atom is 0.195 e. The van der Waals surface area contributed by atoms with Gasteiger partial charge in [0.05, 0.1) is 11.3 Å². The zero-order valence-electron chi connectivity index (χ0n) is 7.44. The van der Waals surface area contributed by atoms with Crippen LogP contribution in [-0.2, 0) is 0 Å². The van der Waals surface area contributed by atoms with E-state index in [1.54, 1.807) is 22.9 Å². The summed E-state index contributed by atoms with van der Waals surface area (Å²) in [6.45, 7) is 0. The molecule has 3 heteroatoms. The molecule has 70 valence electrons. The van der Waals surface area contributed by atoms with E-state index in [1.807, 2.05) is 18.2 Å². The van der Waals surface area contributed by atoms with Gasteiger partial charge in [-0.2, -0.15) is 0 Å². The summed E-state index contributed by atoms with van der Waals surface area (Å²) in [5, 5.41) is 3.56. The van der Waals surface area contributed by atoms with Gasteiger partial charge >= 0.3 is 0 Å². The number of benzene rings is 1. The van der Waals surface area contributed by atoms with Crippen molar-refractivity contribution in [3.05, 3.63) is 52.2 Å². The minimum atomic E-state index is -0.00986. The highest BCUT2D eigenvalue weighted by Crippen LogP contribution is 2.20. The lowest BCUT2D eigenvalue weighted by atomic mass is 10.1. The fraction of sp³-hybridized carbons (Fsp3) is 0. The summed E-state index contributed by atoms with van der Waals surface area (Å²) >= 11 is 1.44. The van der Waals surface area contributed by atoms with Gasteiger partial charge in [-0.15, -0.1) is 11.3 Å². The molecular formula is C11H9NOS. The van der Waals surface area contributed by atoms with Gasteiger partial charge in [0.2, 0.25) is 0 Å². The summed E-state index contributed by atoms with van der Waals surface area (Å²) in [7, 11) is 0. The number of hydrogen-bond acceptors (Lipinski definition) is 3. The van der Waals surface area contributed by atoms with Gasteiger partial charge in [-0.05, 0) is 0 Å². The van der Waals surface area contributed by atoms with Gasteiger partial charge in [-0.25, -0.2) is 0 Å². The lowest BCUT2D eigenvalue weighted by Gasteiger charge is -1.98. The smallest absolute Gasteiger partial charge is 0.195 e. The van der Waals surface area contributed by atoms with E-state index in [9.17, 15) is 4.79 Å². The van der Waals surface area contributed by atoms with Crippen LogP contribution in [-0.4, -0.2) is 5.78 Å². The Balaban J connectivity index is 2.39. The van der Waals surface area contributed by atoms with E-state index in [2.05, 4.69) is 0 Å². The Kier molecular flexibility index (Phi) is 2.33. The number of nitrogen functional groups attached to an aromatic ring is 1. The number of carbonyl (C=O) groups excluding carboxylic acids is 1. The Morgan fingerprint density at radius 1 is 1.14 bits per heavy atom. The van der Waals surface area contributed by atoms with Crippen molar-refractivity contribution in [2.45, 2.75) is 0 Å². The molecular weight excluding hydrogens is 194 g/mol. The van der Waals surface area contributed by atoms with Crippen LogP contribution < -0.4 is 5.73 Å². The Hall–Kier alpha value is -1.61. The Bertz CT molecular complexity index is 447. The van der Waals surface area contributed by atoms with Crippen molar-refractivity contribution in [2.24, 2.45) is 0 Å². The molecule has 2 N–H and O–H groups in total. The quantitative estimate of drug-likeness (QED) is 0.762. The number of anilines is 1. The largest absolute Gasteiger partial charge is 0.397 e. The van der Waals surface area contributed by atoms with Crippen LogP contribution in [0.15, 0.2) is 41.1 Å². The van der Waals surface area contributed by atoms with E-state index in [0.717, 1.165) is 0 Å². The number of nitrogens with two attached hydrogens (primary N) is 1. The van der Waals surface area contributed by atoms with Gasteiger partial charge in [0.15, 0.2) is 5.78 Å². The third-order valence-corrected chi connectivity index (χ3v) is 2.73. The highest BCUT2D eigenvalue weighted by atomic mass is 32.1. The molecule has 2 nitrogen and oxygen atoms in total. The molecule has 2 rings (SSSR count). The monoisotopic (exact) mass is 203 g/mol. The highest BCUT2D eigenvalue weighted by molar-refractivity contribution is 7.08. The fourth-order valence-electron chi connectivity index (χ4n) is 1.24. The molecule has 0 fully saturated rings. The topological polar surface area (TPSA) is 43.1 Å². The van der Waals surface area contributed by atoms with Crippen molar-refractivity contribution in [1.29, 1.82) is 0 Å². The van der Waals surface area contributed by atoms with Crippen LogP contribution in [0.2, 0.25) is 0 Å². The lowest BCUT2D eigenvalue weighted by Crippen LogP contribution is -2.02. The molecule has 1 aromatic carbocycles. The van der Waals surface area contributed by atoms with Crippen LogP contribution >= 0.6 is 11.3 Å². The molecule has 0 aliphatic carbocycles. The molecule has 0 bridgehead atoms. The van der Waals surface area contributed by atoms with E-state index in [1.165, 1.54) is 11.3 Å². The predicted molar refractivity (Wildman–Crippen MR) is 58.6 cm³/mol. The van der Waals surface area contributed by atoms with Crippen LogP contribution in [0.25, 0.3) is 0 Å². The van der Waals surface area contributed by atoms with Gasteiger partial charge in [-0.1, -0.05) is 30.3 Å². The molecule has 0 spiro atoms. The lowest BCUT2D eigenvalue weighted by molar-refractivity contribution is 0.104. The average Bonchev–Trinajstić information content (AvgIpc) is 2.65. The molecule has 2 aromatic rings. The first-order valence-corrected chi connectivity index (χ1v) is 5.15. The molecule has 0 unspecified atom stereocenters. The number of thiophene rings is 1. The van der Waals surface area contributed by atoms with Gasteiger partial charge < -0.3 is 5.73 Å². The van der Waals surface area contributed by atoms with E-state index in [-0.39, 0.29) is 5.78 Å². The third kappa shape index (κ3) is 1.54. The molecule has 0 aliphatic heterocycles. The maximum absolute atomic E-state index is 11.9. The molecule has 0 saturated carbocycles. The molecule has 0 amide bonds. The standard InChI is InChI=1S/C11H9NOS/c12-10-7-14-6-9(10)11(13)8-4-2-1-3-5-8/h1-7H,12H2. The molecule has 0 aliphatic rings. The maximum atomic E-state index is 11.9. The number of hydrogen-bond donors (Lipinski definition) is 1. The second-order valence-electron chi connectivity index (χ2n) is 2.94. The summed E-state index contributed by atoms with van der Waals surface area (Å²) in [5.41, 5.74) is 7.50. The first kappa shape index (κ1) is 8.97. The normalized spacial score (nSPS) is 10.0. The van der Waals surface area contributed by atoms with Crippen LogP contribution in [0, 0.1) is 0 Å². The molecule has 14 heavy (non-hydrogen) atoms. The zero-order valence-corrected chi connectivity index (χ0v) is 8.25. The van der Waals surface area contributed by atoms with Crippen molar-refractivity contribution in [1.82, 2.24) is 0 Å². The minimum Gasteiger partial charge on any atom is -0.397 e. The van der Waals surface area contributed by atoms with Crippen LogP contribution in [0.1, 0.15) is 15.9 Å². The van der Waals surface area contributed by atoms with E-state index in [0.29, 0.717) is 16.8 Å². The molecule has 0 radical (unpaired) electrons. The number of rotatable bonds is 2. The highest BCUT2D eigenvalue weighted by Gasteiger charge is 2.11. The van der Waals surface area contributed by atoms with Gasteiger partial charge in [0.25, 0.3) is 0 Å². The van der Waals surface area contributed by atoms with E-state index in [4.69, 9.17) is 5.73 Å². The van der Waals surface area contributed by atoms with E-state index < -0.39 is 0 Å². The van der Waals surface area contributed by atoms with Gasteiger partial charge in [0, 0.05) is 16.3 Å². The van der Waals surface area contributed by atoms with Crippen molar-refractivity contribution in [3.63, 3.8) is 0 Å². The summed E-state index contributed by atoms with van der Waals surface area (Å²) < 4.78 is 0. The van der Waals surface area contributed by atoms with Gasteiger partial charge in [0.1, 0.15) is 0 Å². The fourth-order valence-corrected chi connectivity index (χ4v) is 1.96. The molecule has 0 saturated heterocycles. The Morgan fingerprint density at radius 3 is 2.43 bits per heavy atom. The van der Waals surface area contributed by atoms with Crippen molar-refractivity contribution in [2.75, 3.05) is 5.73 Å². The Morgan fingerprint density at radius 2 is 1.86 bits per heavy atom. The number of carbonyl (C=O) groups is 1. The first-order valence-electron chi connectivity index (χ1n) is 4.20. The van der Waals surface area contributed by atoms with Gasteiger partial charge in [-0.3, -0.25) is 4.79 Å². The van der Waals surface area contributed by atoms with Crippen LogP contribution in [0.4, 0.5) is 5.69 Å². The first-order chi connectivity index (χ1) is 6.79. The van der Waals surface area contributed by atoms with Crippen molar-refractivity contribution >= 4 is 22.8 Å². The van der Waals surface area contributed by atoms with Crippen molar-refractivity contribution in [3.8, 4) is 0 Å². The molecule has 0 atom stereocenters. The van der Waals surface area contributed by atoms with Crippen LogP contribution in [0.3, 0.4) is 0 Å². The molecule has 1 heterocycles. The third-order valence-electron chi connectivity index (χ3n) is 1.97. The van der Waals surface area contributed by atoms with Crippen molar-refractivity contribution < 1.29 is 4.79 Å². The summed E-state index contributed by atoms with van der Waals surface area (Å²) in [5.74, 6) is -0.00986.